The number of amides is 1. The third-order valence-corrected chi connectivity index (χ3v) is 7.92. The van der Waals surface area contributed by atoms with Crippen molar-refractivity contribution < 1.29 is 14.3 Å². The van der Waals surface area contributed by atoms with Gasteiger partial charge in [-0.2, -0.15) is 5.10 Å². The highest BCUT2D eigenvalue weighted by Crippen LogP contribution is 2.36. The smallest absolute Gasteiger partial charge is 0.343 e. The van der Waals surface area contributed by atoms with Gasteiger partial charge < -0.3 is 9.72 Å². The first-order valence-electron chi connectivity index (χ1n) is 13.1. The number of halogens is 2. The maximum Gasteiger partial charge on any atom is 0.343 e. The molecule has 5 aromatic carbocycles. The predicted octanol–water partition coefficient (Wildman–Crippen LogP) is 8.80. The molecule has 206 valence electrons. The molecule has 42 heavy (non-hydrogen) atoms. The van der Waals surface area contributed by atoms with Gasteiger partial charge in [-0.3, -0.25) is 4.79 Å². The lowest BCUT2D eigenvalue weighted by molar-refractivity contribution is 0.0733. The molecule has 6 aromatic rings. The number of H-pyrrole nitrogens is 1. The van der Waals surface area contributed by atoms with E-state index in [1.807, 2.05) is 79.7 Å². The number of hydrogen-bond donors (Lipinski definition) is 2. The summed E-state index contributed by atoms with van der Waals surface area (Å²) in [6.07, 6.45) is 1.45. The van der Waals surface area contributed by atoms with E-state index in [1.54, 1.807) is 24.3 Å². The van der Waals surface area contributed by atoms with Gasteiger partial charge in [0.1, 0.15) is 5.69 Å². The van der Waals surface area contributed by atoms with Crippen molar-refractivity contribution in [1.82, 2.24) is 10.4 Å². The SMILES string of the molecule is Cc1ccc(C(=O)Oc2c(Br)cc(Br)cc2C=NNC(=O)c2[nH]c3c(ccc4ccccc43)c2-c2ccccc2)cc1. The zero-order valence-electron chi connectivity index (χ0n) is 22.3. The van der Waals surface area contributed by atoms with Crippen molar-refractivity contribution in [3.63, 3.8) is 0 Å². The number of rotatable bonds is 6. The Kier molecular flexibility index (Phi) is 7.73. The van der Waals surface area contributed by atoms with Gasteiger partial charge in [-0.15, -0.1) is 0 Å². The number of aryl methyl sites for hydroxylation is 1. The predicted molar refractivity (Wildman–Crippen MR) is 174 cm³/mol. The molecule has 6 nitrogen and oxygen atoms in total. The molecule has 1 aromatic heterocycles. The molecule has 0 atom stereocenters. The van der Waals surface area contributed by atoms with Gasteiger partial charge in [0, 0.05) is 26.4 Å². The van der Waals surface area contributed by atoms with Crippen molar-refractivity contribution in [3.8, 4) is 16.9 Å². The van der Waals surface area contributed by atoms with Gasteiger partial charge in [0.2, 0.25) is 0 Å². The number of ether oxygens (including phenoxy) is 1. The monoisotopic (exact) mass is 679 g/mol. The number of aromatic nitrogens is 1. The summed E-state index contributed by atoms with van der Waals surface area (Å²) in [6, 6.07) is 32.6. The second kappa shape index (κ2) is 11.8. The molecule has 8 heteroatoms. The summed E-state index contributed by atoms with van der Waals surface area (Å²) in [7, 11) is 0. The van der Waals surface area contributed by atoms with Crippen molar-refractivity contribution in [3.05, 3.63) is 134 Å². The first-order chi connectivity index (χ1) is 20.4. The maximum atomic E-state index is 13.6. The summed E-state index contributed by atoms with van der Waals surface area (Å²) in [5, 5.41) is 7.28. The van der Waals surface area contributed by atoms with Crippen LogP contribution < -0.4 is 10.2 Å². The Bertz CT molecular complexity index is 2000. The molecule has 0 aliphatic carbocycles. The number of fused-ring (bicyclic) bond motifs is 3. The van der Waals surface area contributed by atoms with Gasteiger partial charge in [-0.1, -0.05) is 100 Å². The van der Waals surface area contributed by atoms with Gasteiger partial charge in [-0.05, 0) is 58.1 Å². The van der Waals surface area contributed by atoms with E-state index in [-0.39, 0.29) is 5.75 Å². The number of nitrogens with zero attached hydrogens (tertiary/aromatic N) is 1. The van der Waals surface area contributed by atoms with E-state index in [0.717, 1.165) is 42.8 Å². The van der Waals surface area contributed by atoms with Crippen LogP contribution in [0.2, 0.25) is 0 Å². The van der Waals surface area contributed by atoms with E-state index in [0.29, 0.717) is 21.3 Å². The lowest BCUT2D eigenvalue weighted by Gasteiger charge is -2.11. The average Bonchev–Trinajstić information content (AvgIpc) is 3.40. The molecule has 0 spiro atoms. The summed E-state index contributed by atoms with van der Waals surface area (Å²) in [6.45, 7) is 1.95. The van der Waals surface area contributed by atoms with E-state index < -0.39 is 11.9 Å². The van der Waals surface area contributed by atoms with Gasteiger partial charge >= 0.3 is 5.97 Å². The highest BCUT2D eigenvalue weighted by atomic mass is 79.9. The number of carbonyl (C=O) groups is 2. The maximum absolute atomic E-state index is 13.6. The number of benzene rings is 5. The minimum atomic E-state index is -0.505. The van der Waals surface area contributed by atoms with Crippen LogP contribution in [0.15, 0.2) is 117 Å². The zero-order valence-corrected chi connectivity index (χ0v) is 25.5. The van der Waals surface area contributed by atoms with Crippen LogP contribution in [0.1, 0.15) is 32.0 Å². The normalized spacial score (nSPS) is 11.3. The molecule has 0 fully saturated rings. The average molecular weight is 681 g/mol. The first kappa shape index (κ1) is 27.6. The van der Waals surface area contributed by atoms with Crippen LogP contribution >= 0.6 is 31.9 Å². The lowest BCUT2D eigenvalue weighted by Crippen LogP contribution is -2.19. The number of carbonyl (C=O) groups excluding carboxylic acids is 2. The van der Waals surface area contributed by atoms with Crippen molar-refractivity contribution in [2.75, 3.05) is 0 Å². The lowest BCUT2D eigenvalue weighted by atomic mass is 9.99. The van der Waals surface area contributed by atoms with Crippen molar-refractivity contribution in [1.29, 1.82) is 0 Å². The van der Waals surface area contributed by atoms with Crippen LogP contribution in [0.25, 0.3) is 32.8 Å². The molecular formula is C34H23Br2N3O3. The first-order valence-corrected chi connectivity index (χ1v) is 14.7. The number of aromatic amines is 1. The number of hydrazone groups is 1. The topological polar surface area (TPSA) is 83.5 Å². The number of hydrogen-bond acceptors (Lipinski definition) is 4. The molecule has 0 unspecified atom stereocenters. The van der Waals surface area contributed by atoms with Crippen LogP contribution in [-0.4, -0.2) is 23.1 Å². The van der Waals surface area contributed by atoms with E-state index >= 15 is 0 Å². The molecular weight excluding hydrogens is 658 g/mol. The Labute approximate surface area is 258 Å². The van der Waals surface area contributed by atoms with Crippen LogP contribution in [-0.2, 0) is 0 Å². The van der Waals surface area contributed by atoms with Gasteiger partial charge in [0.05, 0.1) is 21.8 Å². The second-order valence-corrected chi connectivity index (χ2v) is 11.5. The fourth-order valence-corrected chi connectivity index (χ4v) is 6.19. The largest absolute Gasteiger partial charge is 0.421 e. The van der Waals surface area contributed by atoms with Crippen LogP contribution in [0.4, 0.5) is 0 Å². The minimum absolute atomic E-state index is 0.281. The van der Waals surface area contributed by atoms with Gasteiger partial charge in [-0.25, -0.2) is 10.2 Å². The number of nitrogens with one attached hydrogen (secondary N) is 2. The second-order valence-electron chi connectivity index (χ2n) is 9.71. The van der Waals surface area contributed by atoms with E-state index in [2.05, 4.69) is 53.4 Å². The standard InChI is InChI=1S/C34H23Br2N3O3/c1-20-11-13-23(14-12-20)34(41)42-32-24(17-25(35)18-28(32)36)19-37-39-33(40)31-29(22-8-3-2-4-9-22)27-16-15-21-7-5-6-10-26(21)30(27)38-31/h2-19,38H,1H3,(H,39,40). The quantitative estimate of drug-likeness (QED) is 0.0798. The van der Waals surface area contributed by atoms with Crippen LogP contribution in [0, 0.1) is 6.92 Å². The highest BCUT2D eigenvalue weighted by molar-refractivity contribution is 9.11. The molecule has 0 saturated carbocycles. The Balaban J connectivity index is 1.33. The Morgan fingerprint density at radius 3 is 2.38 bits per heavy atom. The molecule has 0 radical (unpaired) electrons. The molecule has 0 aliphatic heterocycles. The van der Waals surface area contributed by atoms with E-state index in [1.165, 1.54) is 6.21 Å². The molecule has 0 saturated heterocycles. The van der Waals surface area contributed by atoms with Crippen molar-refractivity contribution in [2.45, 2.75) is 6.92 Å². The molecule has 0 bridgehead atoms. The Hall–Kier alpha value is -4.53. The Morgan fingerprint density at radius 1 is 0.857 bits per heavy atom. The fraction of sp³-hybridized carbons (Fsp3) is 0.0294. The third kappa shape index (κ3) is 5.51. The summed E-state index contributed by atoms with van der Waals surface area (Å²) >= 11 is 6.96. The zero-order chi connectivity index (χ0) is 29.2. The molecule has 2 N–H and O–H groups in total. The van der Waals surface area contributed by atoms with Gasteiger partial charge in [0.25, 0.3) is 5.91 Å². The molecule has 0 aliphatic rings. The summed E-state index contributed by atoms with van der Waals surface area (Å²) in [5.41, 5.74) is 7.58. The number of esters is 1. The van der Waals surface area contributed by atoms with Crippen molar-refractivity contribution in [2.24, 2.45) is 5.10 Å². The van der Waals surface area contributed by atoms with E-state index in [9.17, 15) is 9.59 Å². The fourth-order valence-electron chi connectivity index (χ4n) is 4.85. The van der Waals surface area contributed by atoms with Gasteiger partial charge in [0.15, 0.2) is 5.75 Å². The summed E-state index contributed by atoms with van der Waals surface area (Å²) < 4.78 is 7.04. The molecule has 6 rings (SSSR count). The molecule has 1 heterocycles. The van der Waals surface area contributed by atoms with Crippen molar-refractivity contribution >= 4 is 71.6 Å². The minimum Gasteiger partial charge on any atom is -0.421 e. The van der Waals surface area contributed by atoms with Crippen LogP contribution in [0.3, 0.4) is 0 Å². The summed E-state index contributed by atoms with van der Waals surface area (Å²) in [5.74, 6) is -0.629. The third-order valence-electron chi connectivity index (χ3n) is 6.88. The van der Waals surface area contributed by atoms with Crippen LogP contribution in [0.5, 0.6) is 5.75 Å². The Morgan fingerprint density at radius 2 is 1.60 bits per heavy atom. The molecule has 1 amide bonds. The van der Waals surface area contributed by atoms with E-state index in [4.69, 9.17) is 4.74 Å². The highest BCUT2D eigenvalue weighted by Gasteiger charge is 2.21. The summed E-state index contributed by atoms with van der Waals surface area (Å²) in [4.78, 5) is 29.8.